The number of carbonyl (C=O) groups is 1. The van der Waals surface area contributed by atoms with Gasteiger partial charge in [-0.3, -0.25) is 4.79 Å². The summed E-state index contributed by atoms with van der Waals surface area (Å²) in [6.07, 6.45) is 0. The van der Waals surface area contributed by atoms with E-state index in [9.17, 15) is 4.79 Å². The minimum atomic E-state index is -0.0306. The van der Waals surface area contributed by atoms with E-state index >= 15 is 0 Å². The van der Waals surface area contributed by atoms with Gasteiger partial charge >= 0.3 is 0 Å². The number of ether oxygens (including phenoxy) is 1. The molecule has 6 heteroatoms. The normalized spacial score (nSPS) is 14.8. The molecule has 1 aromatic heterocycles. The van der Waals surface area contributed by atoms with Crippen molar-refractivity contribution in [1.29, 1.82) is 0 Å². The lowest BCUT2D eigenvalue weighted by Crippen LogP contribution is -2.36. The van der Waals surface area contributed by atoms with Gasteiger partial charge in [-0.1, -0.05) is 6.07 Å². The van der Waals surface area contributed by atoms with Crippen LogP contribution in [0.25, 0.3) is 10.9 Å². The Bertz CT molecular complexity index is 620. The number of H-pyrrole nitrogens is 1. The number of aromatic amines is 1. The predicted molar refractivity (Wildman–Crippen MR) is 86.6 cm³/mol. The zero-order valence-corrected chi connectivity index (χ0v) is 12.8. The van der Waals surface area contributed by atoms with E-state index in [0.717, 1.165) is 43.0 Å². The minimum Gasteiger partial charge on any atom is -0.378 e. The summed E-state index contributed by atoms with van der Waals surface area (Å²) in [5.74, 6) is 1.06. The second kappa shape index (κ2) is 6.83. The number of nitrogens with zero attached hydrogens (tertiary/aromatic N) is 1. The van der Waals surface area contributed by atoms with Crippen LogP contribution in [0.4, 0.5) is 5.82 Å². The lowest BCUT2D eigenvalue weighted by molar-refractivity contribution is 0.0956. The van der Waals surface area contributed by atoms with E-state index < -0.39 is 0 Å². The summed E-state index contributed by atoms with van der Waals surface area (Å²) in [6.45, 7) is 5.88. The molecule has 3 rings (SSSR count). The van der Waals surface area contributed by atoms with Gasteiger partial charge in [-0.15, -0.1) is 12.4 Å². The number of hydrogen-bond donors (Lipinski definition) is 2. The summed E-state index contributed by atoms with van der Waals surface area (Å²) < 4.78 is 5.36. The molecule has 2 aromatic rings. The van der Waals surface area contributed by atoms with Crippen molar-refractivity contribution in [1.82, 2.24) is 10.3 Å². The van der Waals surface area contributed by atoms with Crippen molar-refractivity contribution >= 4 is 35.0 Å². The topological polar surface area (TPSA) is 57.4 Å². The number of rotatable bonds is 3. The Hall–Kier alpha value is -1.72. The number of carbonyl (C=O) groups excluding carboxylic acids is 1. The van der Waals surface area contributed by atoms with Gasteiger partial charge in [-0.25, -0.2) is 0 Å². The Morgan fingerprint density at radius 2 is 2.10 bits per heavy atom. The monoisotopic (exact) mass is 309 g/mol. The first-order valence-corrected chi connectivity index (χ1v) is 7.01. The summed E-state index contributed by atoms with van der Waals surface area (Å²) in [5, 5.41) is 3.94. The third-order valence-corrected chi connectivity index (χ3v) is 3.56. The predicted octanol–water partition coefficient (Wildman–Crippen LogP) is 2.18. The summed E-state index contributed by atoms with van der Waals surface area (Å²) in [5.41, 5.74) is 1.69. The van der Waals surface area contributed by atoms with Crippen LogP contribution in [0.15, 0.2) is 24.3 Å². The van der Waals surface area contributed by atoms with Gasteiger partial charge in [0, 0.05) is 36.1 Å². The van der Waals surface area contributed by atoms with Crippen LogP contribution in [0.5, 0.6) is 0 Å². The zero-order valence-electron chi connectivity index (χ0n) is 12.0. The Labute approximate surface area is 130 Å². The summed E-state index contributed by atoms with van der Waals surface area (Å²) >= 11 is 0. The van der Waals surface area contributed by atoms with E-state index in [2.05, 4.69) is 21.3 Å². The van der Waals surface area contributed by atoms with Gasteiger partial charge in [0.25, 0.3) is 5.91 Å². The molecule has 5 nitrogen and oxygen atoms in total. The standard InChI is InChI=1S/C15H19N3O2.ClH/c1-2-16-15(19)12-4-3-11-10-14(17-13(11)9-12)18-5-7-20-8-6-18;/h3-4,9-10,17H,2,5-8H2,1H3,(H,16,19);1H. The van der Waals surface area contributed by atoms with Gasteiger partial charge < -0.3 is 19.9 Å². The molecule has 1 aliphatic heterocycles. The van der Waals surface area contributed by atoms with E-state index in [-0.39, 0.29) is 18.3 Å². The van der Waals surface area contributed by atoms with Gasteiger partial charge in [0.05, 0.1) is 13.2 Å². The Kier molecular flexibility index (Phi) is 5.09. The molecule has 1 aromatic carbocycles. The fourth-order valence-electron chi connectivity index (χ4n) is 2.49. The molecule has 0 spiro atoms. The second-order valence-corrected chi connectivity index (χ2v) is 4.92. The maximum Gasteiger partial charge on any atom is 0.251 e. The Balaban J connectivity index is 0.00000161. The first kappa shape index (κ1) is 15.7. The van der Waals surface area contributed by atoms with E-state index in [1.807, 2.05) is 25.1 Å². The van der Waals surface area contributed by atoms with E-state index in [0.29, 0.717) is 12.1 Å². The average Bonchev–Trinajstić information content (AvgIpc) is 2.91. The van der Waals surface area contributed by atoms with Crippen LogP contribution in [-0.4, -0.2) is 43.7 Å². The molecule has 114 valence electrons. The average molecular weight is 310 g/mol. The zero-order chi connectivity index (χ0) is 13.9. The van der Waals surface area contributed by atoms with Crippen LogP contribution in [0, 0.1) is 0 Å². The fourth-order valence-corrected chi connectivity index (χ4v) is 2.49. The lowest BCUT2D eigenvalue weighted by Gasteiger charge is -2.27. The minimum absolute atomic E-state index is 0. The summed E-state index contributed by atoms with van der Waals surface area (Å²) in [4.78, 5) is 17.5. The number of nitrogens with one attached hydrogen (secondary N) is 2. The van der Waals surface area contributed by atoms with Crippen molar-refractivity contribution in [3.05, 3.63) is 29.8 Å². The van der Waals surface area contributed by atoms with E-state index in [1.165, 1.54) is 0 Å². The van der Waals surface area contributed by atoms with Crippen LogP contribution in [0.2, 0.25) is 0 Å². The largest absolute Gasteiger partial charge is 0.378 e. The number of benzene rings is 1. The Morgan fingerprint density at radius 1 is 1.33 bits per heavy atom. The molecule has 1 saturated heterocycles. The number of anilines is 1. The van der Waals surface area contributed by atoms with Crippen LogP contribution in [0.1, 0.15) is 17.3 Å². The highest BCUT2D eigenvalue weighted by molar-refractivity contribution is 5.98. The smallest absolute Gasteiger partial charge is 0.251 e. The molecule has 0 aliphatic carbocycles. The molecular formula is C15H20ClN3O2. The number of morpholine rings is 1. The quantitative estimate of drug-likeness (QED) is 0.913. The maximum atomic E-state index is 11.8. The molecule has 2 N–H and O–H groups in total. The van der Waals surface area contributed by atoms with Gasteiger partial charge in [0.15, 0.2) is 0 Å². The number of hydrogen-bond acceptors (Lipinski definition) is 3. The molecule has 1 fully saturated rings. The van der Waals surface area contributed by atoms with Crippen molar-refractivity contribution in [2.75, 3.05) is 37.7 Å². The lowest BCUT2D eigenvalue weighted by atomic mass is 10.1. The van der Waals surface area contributed by atoms with Crippen molar-refractivity contribution in [2.45, 2.75) is 6.92 Å². The number of fused-ring (bicyclic) bond motifs is 1. The highest BCUT2D eigenvalue weighted by atomic mass is 35.5. The second-order valence-electron chi connectivity index (χ2n) is 4.92. The molecule has 2 heterocycles. The van der Waals surface area contributed by atoms with Crippen LogP contribution in [0.3, 0.4) is 0 Å². The fraction of sp³-hybridized carbons (Fsp3) is 0.400. The third-order valence-electron chi connectivity index (χ3n) is 3.56. The molecule has 0 bridgehead atoms. The summed E-state index contributed by atoms with van der Waals surface area (Å²) in [7, 11) is 0. The highest BCUT2D eigenvalue weighted by Gasteiger charge is 2.14. The molecule has 0 unspecified atom stereocenters. The summed E-state index contributed by atoms with van der Waals surface area (Å²) in [6, 6.07) is 7.89. The van der Waals surface area contributed by atoms with Gasteiger partial charge in [0.1, 0.15) is 5.82 Å². The van der Waals surface area contributed by atoms with Crippen LogP contribution >= 0.6 is 12.4 Å². The Morgan fingerprint density at radius 3 is 2.81 bits per heavy atom. The molecule has 1 aliphatic rings. The number of aromatic nitrogens is 1. The van der Waals surface area contributed by atoms with Crippen LogP contribution < -0.4 is 10.2 Å². The first-order valence-electron chi connectivity index (χ1n) is 7.01. The maximum absolute atomic E-state index is 11.8. The van der Waals surface area contributed by atoms with Gasteiger partial charge in [0.2, 0.25) is 0 Å². The van der Waals surface area contributed by atoms with Crippen molar-refractivity contribution in [2.24, 2.45) is 0 Å². The molecule has 0 saturated carbocycles. The van der Waals surface area contributed by atoms with Crippen molar-refractivity contribution < 1.29 is 9.53 Å². The van der Waals surface area contributed by atoms with Gasteiger partial charge in [-0.05, 0) is 25.1 Å². The molecule has 0 radical (unpaired) electrons. The molecule has 21 heavy (non-hydrogen) atoms. The SMILES string of the molecule is CCNC(=O)c1ccc2cc(N3CCOCC3)[nH]c2c1.Cl. The van der Waals surface area contributed by atoms with Crippen LogP contribution in [-0.2, 0) is 4.74 Å². The van der Waals surface area contributed by atoms with E-state index in [1.54, 1.807) is 0 Å². The first-order chi connectivity index (χ1) is 9.78. The number of halogens is 1. The van der Waals surface area contributed by atoms with Gasteiger partial charge in [-0.2, -0.15) is 0 Å². The molecule has 1 amide bonds. The molecular weight excluding hydrogens is 290 g/mol. The van der Waals surface area contributed by atoms with Crippen molar-refractivity contribution in [3.8, 4) is 0 Å². The third kappa shape index (κ3) is 3.31. The van der Waals surface area contributed by atoms with E-state index in [4.69, 9.17) is 4.74 Å². The molecule has 0 atom stereocenters. The highest BCUT2D eigenvalue weighted by Crippen LogP contribution is 2.23. The number of amides is 1. The van der Waals surface area contributed by atoms with Crippen molar-refractivity contribution in [3.63, 3.8) is 0 Å².